The van der Waals surface area contributed by atoms with E-state index >= 15 is 0 Å². The van der Waals surface area contributed by atoms with Gasteiger partial charge in [0.1, 0.15) is 5.75 Å². The second-order valence-corrected chi connectivity index (χ2v) is 7.90. The Bertz CT molecular complexity index is 986. The van der Waals surface area contributed by atoms with E-state index in [1.165, 1.54) is 16.5 Å². The van der Waals surface area contributed by atoms with E-state index in [1.54, 1.807) is 7.11 Å². The Morgan fingerprint density at radius 1 is 1.25 bits per heavy atom. The van der Waals surface area contributed by atoms with Crippen molar-refractivity contribution in [3.8, 4) is 5.75 Å². The third kappa shape index (κ3) is 3.69. The molecular formula is C22H28N4O2. The number of methoxy groups -OCH3 is 1. The maximum absolute atomic E-state index is 5.89. The molecule has 148 valence electrons. The lowest BCUT2D eigenvalue weighted by atomic mass is 9.98. The predicted molar refractivity (Wildman–Crippen MR) is 110 cm³/mol. The van der Waals surface area contributed by atoms with Gasteiger partial charge in [0.15, 0.2) is 0 Å². The molecule has 0 amide bonds. The average Bonchev–Trinajstić information content (AvgIpc) is 3.33. The summed E-state index contributed by atoms with van der Waals surface area (Å²) in [5.41, 5.74) is 3.77. The van der Waals surface area contributed by atoms with Gasteiger partial charge in [0.2, 0.25) is 11.8 Å². The number of nitrogens with zero attached hydrogens (tertiary/aromatic N) is 3. The Balaban J connectivity index is 1.49. The lowest BCUT2D eigenvalue weighted by Gasteiger charge is -2.29. The highest BCUT2D eigenvalue weighted by Gasteiger charge is 2.24. The number of ether oxygens (including phenoxy) is 1. The minimum atomic E-state index is 0.120. The van der Waals surface area contributed by atoms with E-state index in [0.29, 0.717) is 11.8 Å². The summed E-state index contributed by atoms with van der Waals surface area (Å²) < 4.78 is 11.3. The van der Waals surface area contributed by atoms with Gasteiger partial charge in [-0.15, -0.1) is 10.2 Å². The molecule has 0 unspecified atom stereocenters. The van der Waals surface area contributed by atoms with E-state index in [2.05, 4.69) is 65.3 Å². The standard InChI is InChI=1S/C22H28N4O2/c1-14(2)11-21-24-25-22(28-21)15(3)26-9-7-16(8-10-26)19-13-23-20-6-5-17(27-4)12-18(19)20/h5-7,12-15,23H,8-11H2,1-4H3/t15-/m0/s1. The van der Waals surface area contributed by atoms with Crippen LogP contribution in [0.1, 0.15) is 50.6 Å². The first-order valence-corrected chi connectivity index (χ1v) is 9.96. The Labute approximate surface area is 165 Å². The van der Waals surface area contributed by atoms with Crippen LogP contribution in [0.5, 0.6) is 5.75 Å². The summed E-state index contributed by atoms with van der Waals surface area (Å²) in [7, 11) is 1.71. The van der Waals surface area contributed by atoms with Crippen LogP contribution in [0.4, 0.5) is 0 Å². The number of fused-ring (bicyclic) bond motifs is 1. The molecule has 4 rings (SSSR count). The molecule has 28 heavy (non-hydrogen) atoms. The number of aromatic amines is 1. The van der Waals surface area contributed by atoms with Gasteiger partial charge < -0.3 is 14.1 Å². The van der Waals surface area contributed by atoms with Gasteiger partial charge in [0, 0.05) is 42.2 Å². The van der Waals surface area contributed by atoms with Crippen molar-refractivity contribution in [3.63, 3.8) is 0 Å². The highest BCUT2D eigenvalue weighted by Crippen LogP contribution is 2.33. The second-order valence-electron chi connectivity index (χ2n) is 7.90. The third-order valence-corrected chi connectivity index (χ3v) is 5.45. The van der Waals surface area contributed by atoms with Crippen LogP contribution in [-0.2, 0) is 6.42 Å². The van der Waals surface area contributed by atoms with Gasteiger partial charge in [-0.3, -0.25) is 4.90 Å². The summed E-state index contributed by atoms with van der Waals surface area (Å²) in [5.74, 6) is 2.84. The third-order valence-electron chi connectivity index (χ3n) is 5.45. The van der Waals surface area contributed by atoms with Crippen LogP contribution < -0.4 is 4.74 Å². The predicted octanol–water partition coefficient (Wildman–Crippen LogP) is 4.61. The monoisotopic (exact) mass is 380 g/mol. The zero-order valence-corrected chi connectivity index (χ0v) is 17.0. The minimum absolute atomic E-state index is 0.120. The normalized spacial score (nSPS) is 16.5. The van der Waals surface area contributed by atoms with Crippen LogP contribution in [-0.4, -0.2) is 40.3 Å². The van der Waals surface area contributed by atoms with Gasteiger partial charge in [-0.05, 0) is 43.0 Å². The first-order chi connectivity index (χ1) is 13.5. The summed E-state index contributed by atoms with van der Waals surface area (Å²) in [5, 5.41) is 9.69. The number of aromatic nitrogens is 3. The number of nitrogens with one attached hydrogen (secondary N) is 1. The number of benzene rings is 1. The van der Waals surface area contributed by atoms with Crippen LogP contribution in [0.3, 0.4) is 0 Å². The first-order valence-electron chi connectivity index (χ1n) is 9.96. The second kappa shape index (κ2) is 7.80. The molecule has 0 spiro atoms. The van der Waals surface area contributed by atoms with Gasteiger partial charge in [-0.1, -0.05) is 19.9 Å². The Hall–Kier alpha value is -2.60. The summed E-state index contributed by atoms with van der Waals surface area (Å²) in [6.45, 7) is 8.29. The molecule has 1 N–H and O–H groups in total. The van der Waals surface area contributed by atoms with Crippen molar-refractivity contribution in [2.24, 2.45) is 5.92 Å². The Morgan fingerprint density at radius 2 is 2.11 bits per heavy atom. The van der Waals surface area contributed by atoms with Crippen molar-refractivity contribution >= 4 is 16.5 Å². The van der Waals surface area contributed by atoms with Crippen LogP contribution in [0.15, 0.2) is 34.9 Å². The van der Waals surface area contributed by atoms with E-state index in [1.807, 2.05) is 6.07 Å². The molecule has 6 nitrogen and oxygen atoms in total. The number of hydrogen-bond donors (Lipinski definition) is 1. The molecule has 6 heteroatoms. The SMILES string of the molecule is COc1ccc2[nH]cc(C3=CCN([C@@H](C)c4nnc(CC(C)C)o4)CC3)c2c1. The highest BCUT2D eigenvalue weighted by atomic mass is 16.5. The van der Waals surface area contributed by atoms with Gasteiger partial charge in [-0.25, -0.2) is 0 Å². The molecule has 1 aliphatic rings. The Kier molecular flexibility index (Phi) is 5.22. The first kappa shape index (κ1) is 18.7. The molecule has 0 bridgehead atoms. The van der Waals surface area contributed by atoms with Gasteiger partial charge in [-0.2, -0.15) is 0 Å². The van der Waals surface area contributed by atoms with Crippen LogP contribution in [0, 0.1) is 5.92 Å². The van der Waals surface area contributed by atoms with Crippen molar-refractivity contribution in [3.05, 3.63) is 47.8 Å². The maximum Gasteiger partial charge on any atom is 0.233 e. The van der Waals surface area contributed by atoms with E-state index in [-0.39, 0.29) is 6.04 Å². The summed E-state index contributed by atoms with van der Waals surface area (Å²) >= 11 is 0. The Morgan fingerprint density at radius 3 is 2.82 bits per heavy atom. The maximum atomic E-state index is 5.89. The lowest BCUT2D eigenvalue weighted by Crippen LogP contribution is -2.31. The number of rotatable bonds is 6. The molecule has 1 atom stereocenters. The van der Waals surface area contributed by atoms with E-state index in [0.717, 1.165) is 43.1 Å². The van der Waals surface area contributed by atoms with Crippen LogP contribution in [0.2, 0.25) is 0 Å². The van der Waals surface area contributed by atoms with Gasteiger partial charge >= 0.3 is 0 Å². The smallest absolute Gasteiger partial charge is 0.233 e. The molecule has 3 aromatic rings. The van der Waals surface area contributed by atoms with Crippen molar-refractivity contribution in [2.45, 2.75) is 39.7 Å². The largest absolute Gasteiger partial charge is 0.497 e. The number of hydrogen-bond acceptors (Lipinski definition) is 5. The van der Waals surface area contributed by atoms with E-state index in [4.69, 9.17) is 9.15 Å². The lowest BCUT2D eigenvalue weighted by molar-refractivity contribution is 0.198. The fraction of sp³-hybridized carbons (Fsp3) is 0.455. The van der Waals surface area contributed by atoms with Crippen LogP contribution in [0.25, 0.3) is 16.5 Å². The molecule has 3 heterocycles. The molecule has 0 radical (unpaired) electrons. The van der Waals surface area contributed by atoms with Crippen LogP contribution >= 0.6 is 0 Å². The average molecular weight is 380 g/mol. The molecule has 0 saturated heterocycles. The minimum Gasteiger partial charge on any atom is -0.497 e. The molecular weight excluding hydrogens is 352 g/mol. The number of H-pyrrole nitrogens is 1. The highest BCUT2D eigenvalue weighted by molar-refractivity contribution is 5.93. The van der Waals surface area contributed by atoms with E-state index in [9.17, 15) is 0 Å². The van der Waals surface area contributed by atoms with Gasteiger partial charge in [0.05, 0.1) is 13.2 Å². The molecule has 1 aliphatic heterocycles. The fourth-order valence-electron chi connectivity index (χ4n) is 3.80. The summed E-state index contributed by atoms with van der Waals surface area (Å²) in [4.78, 5) is 5.75. The summed E-state index contributed by atoms with van der Waals surface area (Å²) in [6.07, 6.45) is 6.23. The molecule has 0 fully saturated rings. The van der Waals surface area contributed by atoms with E-state index < -0.39 is 0 Å². The van der Waals surface area contributed by atoms with Crippen molar-refractivity contribution in [2.75, 3.05) is 20.2 Å². The fourth-order valence-corrected chi connectivity index (χ4v) is 3.80. The van der Waals surface area contributed by atoms with Crippen molar-refractivity contribution in [1.29, 1.82) is 0 Å². The zero-order valence-electron chi connectivity index (χ0n) is 17.0. The zero-order chi connectivity index (χ0) is 19.7. The van der Waals surface area contributed by atoms with Crippen molar-refractivity contribution < 1.29 is 9.15 Å². The molecule has 0 aliphatic carbocycles. The molecule has 0 saturated carbocycles. The topological polar surface area (TPSA) is 67.2 Å². The van der Waals surface area contributed by atoms with Crippen molar-refractivity contribution in [1.82, 2.24) is 20.1 Å². The molecule has 2 aromatic heterocycles. The summed E-state index contributed by atoms with van der Waals surface area (Å²) in [6, 6.07) is 6.28. The quantitative estimate of drug-likeness (QED) is 0.676. The van der Waals surface area contributed by atoms with Gasteiger partial charge in [0.25, 0.3) is 0 Å². The molecule has 1 aromatic carbocycles.